The lowest BCUT2D eigenvalue weighted by molar-refractivity contribution is -0.126. The molecule has 0 bridgehead atoms. The molecule has 1 rings (SSSR count). The number of amides is 1. The summed E-state index contributed by atoms with van der Waals surface area (Å²) < 4.78 is 1.89. The molecule has 1 amide bonds. The van der Waals surface area contributed by atoms with Gasteiger partial charge in [-0.1, -0.05) is 58.4 Å². The SMILES string of the molecule is CCCC(=O)N(I)C(C)C(C)Cc1ccc(CC(C)CC)cc1. The van der Waals surface area contributed by atoms with Crippen LogP contribution in [0, 0.1) is 11.8 Å². The summed E-state index contributed by atoms with van der Waals surface area (Å²) in [5.74, 6) is 1.45. The molecule has 1 aromatic carbocycles. The molecule has 130 valence electrons. The van der Waals surface area contributed by atoms with Crippen LogP contribution in [0.4, 0.5) is 0 Å². The highest BCUT2D eigenvalue weighted by Crippen LogP contribution is 2.22. The predicted molar refractivity (Wildman–Crippen MR) is 108 cm³/mol. The first-order chi connectivity index (χ1) is 10.9. The maximum atomic E-state index is 12.0. The van der Waals surface area contributed by atoms with Crippen molar-refractivity contribution < 1.29 is 4.79 Å². The van der Waals surface area contributed by atoms with Crippen molar-refractivity contribution >= 4 is 28.8 Å². The van der Waals surface area contributed by atoms with Crippen LogP contribution in [-0.4, -0.2) is 15.1 Å². The topological polar surface area (TPSA) is 20.3 Å². The third-order valence-electron chi connectivity index (χ3n) is 4.74. The monoisotopic (exact) mass is 429 g/mol. The Kier molecular flexibility index (Phi) is 9.18. The average Bonchev–Trinajstić information content (AvgIpc) is 2.55. The second kappa shape index (κ2) is 10.3. The predicted octanol–water partition coefficient (Wildman–Crippen LogP) is 5.82. The van der Waals surface area contributed by atoms with E-state index in [1.165, 1.54) is 17.5 Å². The van der Waals surface area contributed by atoms with Crippen LogP contribution in [-0.2, 0) is 17.6 Å². The van der Waals surface area contributed by atoms with Gasteiger partial charge >= 0.3 is 0 Å². The molecule has 0 heterocycles. The molecule has 3 unspecified atom stereocenters. The van der Waals surface area contributed by atoms with Gasteiger partial charge < -0.3 is 0 Å². The minimum Gasteiger partial charge on any atom is -0.282 e. The Bertz CT molecular complexity index is 471. The summed E-state index contributed by atoms with van der Waals surface area (Å²) in [6, 6.07) is 9.30. The van der Waals surface area contributed by atoms with Crippen LogP contribution in [0.5, 0.6) is 0 Å². The molecular weight excluding hydrogens is 397 g/mol. The molecule has 2 nitrogen and oxygen atoms in total. The van der Waals surface area contributed by atoms with Crippen LogP contribution < -0.4 is 0 Å². The van der Waals surface area contributed by atoms with E-state index in [0.717, 1.165) is 25.2 Å². The summed E-state index contributed by atoms with van der Waals surface area (Å²) >= 11 is 2.18. The van der Waals surface area contributed by atoms with E-state index in [1.807, 2.05) is 3.11 Å². The van der Waals surface area contributed by atoms with Crippen LogP contribution >= 0.6 is 22.9 Å². The number of halogens is 1. The molecule has 0 fully saturated rings. The molecule has 0 aliphatic rings. The van der Waals surface area contributed by atoms with Crippen LogP contribution in [0.3, 0.4) is 0 Å². The van der Waals surface area contributed by atoms with Crippen molar-refractivity contribution in [3.63, 3.8) is 0 Å². The summed E-state index contributed by atoms with van der Waals surface area (Å²) in [5.41, 5.74) is 2.79. The number of benzene rings is 1. The minimum atomic E-state index is 0.247. The van der Waals surface area contributed by atoms with E-state index in [0.29, 0.717) is 12.3 Å². The number of nitrogens with zero attached hydrogens (tertiary/aromatic N) is 1. The first-order valence-corrected chi connectivity index (χ1v) is 9.91. The lowest BCUT2D eigenvalue weighted by Gasteiger charge is -2.28. The Balaban J connectivity index is 2.59. The lowest BCUT2D eigenvalue weighted by Crippen LogP contribution is -2.35. The highest BCUT2D eigenvalue weighted by atomic mass is 127. The van der Waals surface area contributed by atoms with Crippen molar-refractivity contribution in [1.82, 2.24) is 3.11 Å². The Morgan fingerprint density at radius 2 is 1.57 bits per heavy atom. The van der Waals surface area contributed by atoms with Crippen molar-refractivity contribution in [2.45, 2.75) is 72.8 Å². The molecule has 0 saturated carbocycles. The maximum Gasteiger partial charge on any atom is 0.231 e. The van der Waals surface area contributed by atoms with E-state index >= 15 is 0 Å². The molecule has 0 spiro atoms. The van der Waals surface area contributed by atoms with Gasteiger partial charge in [0.1, 0.15) is 0 Å². The Hall–Kier alpha value is -0.580. The first kappa shape index (κ1) is 20.5. The summed E-state index contributed by atoms with van der Waals surface area (Å²) in [4.78, 5) is 12.0. The van der Waals surface area contributed by atoms with Crippen molar-refractivity contribution in [3.05, 3.63) is 35.4 Å². The van der Waals surface area contributed by atoms with E-state index in [-0.39, 0.29) is 11.9 Å². The smallest absolute Gasteiger partial charge is 0.231 e. The zero-order valence-electron chi connectivity index (χ0n) is 15.3. The average molecular weight is 429 g/mol. The first-order valence-electron chi connectivity index (χ1n) is 8.94. The molecule has 0 saturated heterocycles. The number of hydrogen-bond acceptors (Lipinski definition) is 1. The standard InChI is InChI=1S/C20H32INO/c1-6-8-20(23)22(21)17(5)16(4)14-19-11-9-18(10-12-19)13-15(3)7-2/h9-12,15-17H,6-8,13-14H2,1-5H3. The minimum absolute atomic E-state index is 0.247. The second-order valence-corrected chi connectivity index (χ2v) is 7.95. The van der Waals surface area contributed by atoms with Crippen molar-refractivity contribution in [2.75, 3.05) is 0 Å². The molecule has 3 atom stereocenters. The summed E-state index contributed by atoms with van der Waals surface area (Å²) in [6.07, 6.45) is 4.97. The van der Waals surface area contributed by atoms with Crippen molar-refractivity contribution in [2.24, 2.45) is 11.8 Å². The van der Waals surface area contributed by atoms with Crippen LogP contribution in [0.1, 0.15) is 65.0 Å². The van der Waals surface area contributed by atoms with E-state index in [2.05, 4.69) is 81.7 Å². The molecule has 0 aliphatic carbocycles. The van der Waals surface area contributed by atoms with Gasteiger partial charge in [-0.05, 0) is 49.1 Å². The molecule has 0 radical (unpaired) electrons. The lowest BCUT2D eigenvalue weighted by atomic mass is 9.93. The van der Waals surface area contributed by atoms with Gasteiger partial charge in [-0.15, -0.1) is 0 Å². The fraction of sp³-hybridized carbons (Fsp3) is 0.650. The normalized spacial score (nSPS) is 15.0. The van der Waals surface area contributed by atoms with Gasteiger partial charge in [0.25, 0.3) is 0 Å². The number of carbonyl (C=O) groups excluding carboxylic acids is 1. The number of hydrogen-bond donors (Lipinski definition) is 0. The molecule has 3 heteroatoms. The van der Waals surface area contributed by atoms with Gasteiger partial charge in [0.2, 0.25) is 5.91 Å². The largest absolute Gasteiger partial charge is 0.282 e. The quantitative estimate of drug-likeness (QED) is 0.358. The maximum absolute atomic E-state index is 12.0. The van der Waals surface area contributed by atoms with Gasteiger partial charge in [-0.25, -0.2) is 0 Å². The van der Waals surface area contributed by atoms with E-state index in [4.69, 9.17) is 0 Å². The van der Waals surface area contributed by atoms with Gasteiger partial charge in [0.05, 0.1) is 22.9 Å². The third-order valence-corrected chi connectivity index (χ3v) is 6.16. The van der Waals surface area contributed by atoms with Crippen molar-refractivity contribution in [1.29, 1.82) is 0 Å². The molecule has 1 aromatic rings. The molecular formula is C20H32INO. The number of rotatable bonds is 9. The van der Waals surface area contributed by atoms with Crippen LogP contribution in [0.2, 0.25) is 0 Å². The fourth-order valence-corrected chi connectivity index (χ4v) is 3.46. The Morgan fingerprint density at radius 1 is 1.04 bits per heavy atom. The van der Waals surface area contributed by atoms with E-state index in [9.17, 15) is 4.79 Å². The summed E-state index contributed by atoms with van der Waals surface area (Å²) in [5, 5.41) is 0. The zero-order chi connectivity index (χ0) is 17.4. The molecule has 23 heavy (non-hydrogen) atoms. The summed E-state index contributed by atoms with van der Waals surface area (Å²) in [6.45, 7) is 11.0. The third kappa shape index (κ3) is 6.82. The molecule has 0 aliphatic heterocycles. The Labute approximate surface area is 156 Å². The Morgan fingerprint density at radius 3 is 2.04 bits per heavy atom. The van der Waals surface area contributed by atoms with Gasteiger partial charge in [0.15, 0.2) is 0 Å². The highest BCUT2D eigenvalue weighted by Gasteiger charge is 2.22. The van der Waals surface area contributed by atoms with Crippen LogP contribution in [0.15, 0.2) is 24.3 Å². The highest BCUT2D eigenvalue weighted by molar-refractivity contribution is 14.1. The van der Waals surface area contributed by atoms with Gasteiger partial charge in [-0.2, -0.15) is 0 Å². The summed E-state index contributed by atoms with van der Waals surface area (Å²) in [7, 11) is 0. The molecule has 0 aromatic heterocycles. The van der Waals surface area contributed by atoms with Crippen LogP contribution in [0.25, 0.3) is 0 Å². The molecule has 0 N–H and O–H groups in total. The second-order valence-electron chi connectivity index (χ2n) is 6.91. The number of carbonyl (C=O) groups is 1. The van der Waals surface area contributed by atoms with E-state index in [1.54, 1.807) is 0 Å². The zero-order valence-corrected chi connectivity index (χ0v) is 17.5. The fourth-order valence-electron chi connectivity index (χ4n) is 2.67. The van der Waals surface area contributed by atoms with Gasteiger partial charge in [0, 0.05) is 12.5 Å². The van der Waals surface area contributed by atoms with Crippen molar-refractivity contribution in [3.8, 4) is 0 Å². The van der Waals surface area contributed by atoms with E-state index < -0.39 is 0 Å². The van der Waals surface area contributed by atoms with Gasteiger partial charge in [-0.3, -0.25) is 7.91 Å².